The molecule has 6 heteroatoms. The minimum atomic E-state index is -3.21. The fourth-order valence-corrected chi connectivity index (χ4v) is 2.44. The standard InChI is InChI=1S/C16H9F2NO3/c17-15(18)16(22)19-11-7-3-6-10-12(11)14(21)9-5-2-1-4-8(9)13(10)20/h1-7,15H,(H,19,22). The summed E-state index contributed by atoms with van der Waals surface area (Å²) in [5.74, 6) is -2.37. The highest BCUT2D eigenvalue weighted by Gasteiger charge is 2.32. The molecule has 0 radical (unpaired) electrons. The van der Waals surface area contributed by atoms with E-state index in [-0.39, 0.29) is 33.7 Å². The van der Waals surface area contributed by atoms with E-state index in [9.17, 15) is 23.2 Å². The Labute approximate surface area is 123 Å². The van der Waals surface area contributed by atoms with Crippen LogP contribution >= 0.6 is 0 Å². The molecule has 4 nitrogen and oxygen atoms in total. The number of halogens is 2. The van der Waals surface area contributed by atoms with Crippen molar-refractivity contribution in [1.29, 1.82) is 0 Å². The SMILES string of the molecule is O=C1c2ccccc2C(=O)c2c(NC(=O)C(F)F)cccc21. The third-order valence-corrected chi connectivity index (χ3v) is 3.41. The summed E-state index contributed by atoms with van der Waals surface area (Å²) in [7, 11) is 0. The lowest BCUT2D eigenvalue weighted by Gasteiger charge is -2.20. The number of alkyl halides is 2. The van der Waals surface area contributed by atoms with Crippen LogP contribution in [0.15, 0.2) is 42.5 Å². The fourth-order valence-electron chi connectivity index (χ4n) is 2.44. The zero-order chi connectivity index (χ0) is 15.9. The van der Waals surface area contributed by atoms with E-state index in [0.717, 1.165) is 0 Å². The summed E-state index contributed by atoms with van der Waals surface area (Å²) in [6.07, 6.45) is -3.21. The molecule has 0 saturated heterocycles. The minimum Gasteiger partial charge on any atom is -0.320 e. The molecular formula is C16H9F2NO3. The first-order chi connectivity index (χ1) is 10.5. The summed E-state index contributed by atoms with van der Waals surface area (Å²) in [6, 6.07) is 10.4. The highest BCUT2D eigenvalue weighted by molar-refractivity contribution is 6.30. The maximum atomic E-state index is 12.5. The summed E-state index contributed by atoms with van der Waals surface area (Å²) in [6.45, 7) is 0. The van der Waals surface area contributed by atoms with Gasteiger partial charge in [-0.25, -0.2) is 0 Å². The van der Waals surface area contributed by atoms with Crippen molar-refractivity contribution in [3.8, 4) is 0 Å². The average Bonchev–Trinajstić information content (AvgIpc) is 2.52. The first kappa shape index (κ1) is 14.1. The van der Waals surface area contributed by atoms with Gasteiger partial charge in [-0.2, -0.15) is 8.78 Å². The van der Waals surface area contributed by atoms with Crippen molar-refractivity contribution in [2.75, 3.05) is 5.32 Å². The molecule has 3 rings (SSSR count). The van der Waals surface area contributed by atoms with E-state index in [1.54, 1.807) is 12.1 Å². The van der Waals surface area contributed by atoms with Crippen LogP contribution in [0.25, 0.3) is 0 Å². The molecule has 2 aromatic carbocycles. The van der Waals surface area contributed by atoms with Crippen LogP contribution in [0.4, 0.5) is 14.5 Å². The maximum Gasteiger partial charge on any atom is 0.315 e. The average molecular weight is 301 g/mol. The molecule has 0 atom stereocenters. The lowest BCUT2D eigenvalue weighted by Crippen LogP contribution is -2.26. The zero-order valence-electron chi connectivity index (χ0n) is 11.1. The molecule has 1 amide bonds. The number of carbonyl (C=O) groups excluding carboxylic acids is 3. The third-order valence-electron chi connectivity index (χ3n) is 3.41. The van der Waals surface area contributed by atoms with Crippen LogP contribution in [0.2, 0.25) is 0 Å². The van der Waals surface area contributed by atoms with Gasteiger partial charge in [0.25, 0.3) is 5.91 Å². The molecule has 0 aromatic heterocycles. The van der Waals surface area contributed by atoms with Gasteiger partial charge in [0, 0.05) is 16.7 Å². The molecule has 0 aliphatic heterocycles. The second-order valence-corrected chi connectivity index (χ2v) is 4.72. The molecule has 1 aliphatic carbocycles. The van der Waals surface area contributed by atoms with Crippen LogP contribution in [-0.2, 0) is 4.79 Å². The molecule has 1 N–H and O–H groups in total. The second-order valence-electron chi connectivity index (χ2n) is 4.72. The van der Waals surface area contributed by atoms with Gasteiger partial charge in [-0.3, -0.25) is 14.4 Å². The molecule has 110 valence electrons. The molecule has 22 heavy (non-hydrogen) atoms. The van der Waals surface area contributed by atoms with Crippen LogP contribution in [0, 0.1) is 0 Å². The Morgan fingerprint density at radius 1 is 0.864 bits per heavy atom. The van der Waals surface area contributed by atoms with Crippen LogP contribution in [0.5, 0.6) is 0 Å². The molecule has 0 bridgehead atoms. The van der Waals surface area contributed by atoms with Gasteiger partial charge < -0.3 is 5.32 Å². The molecule has 2 aromatic rings. The van der Waals surface area contributed by atoms with Crippen molar-refractivity contribution in [2.24, 2.45) is 0 Å². The lowest BCUT2D eigenvalue weighted by molar-refractivity contribution is -0.126. The predicted molar refractivity (Wildman–Crippen MR) is 74.4 cm³/mol. The van der Waals surface area contributed by atoms with E-state index in [2.05, 4.69) is 0 Å². The molecule has 0 heterocycles. The van der Waals surface area contributed by atoms with Crippen molar-refractivity contribution < 1.29 is 23.2 Å². The normalized spacial score (nSPS) is 12.9. The maximum absolute atomic E-state index is 12.5. The van der Waals surface area contributed by atoms with Gasteiger partial charge >= 0.3 is 6.43 Å². The van der Waals surface area contributed by atoms with Crippen LogP contribution in [-0.4, -0.2) is 23.9 Å². The molecule has 0 fully saturated rings. The number of amides is 1. The van der Waals surface area contributed by atoms with E-state index in [4.69, 9.17) is 0 Å². The number of fused-ring (bicyclic) bond motifs is 2. The number of ketones is 2. The van der Waals surface area contributed by atoms with E-state index in [0.29, 0.717) is 0 Å². The zero-order valence-corrected chi connectivity index (χ0v) is 11.1. The van der Waals surface area contributed by atoms with Crippen molar-refractivity contribution in [2.45, 2.75) is 6.43 Å². The summed E-state index contributed by atoms with van der Waals surface area (Å²) in [5.41, 5.74) is 0.405. The van der Waals surface area contributed by atoms with Crippen molar-refractivity contribution in [3.05, 3.63) is 64.7 Å². The first-order valence-electron chi connectivity index (χ1n) is 6.41. The van der Waals surface area contributed by atoms with E-state index in [1.807, 2.05) is 5.32 Å². The molecule has 0 saturated carbocycles. The molecule has 0 unspecified atom stereocenters. The Balaban J connectivity index is 2.15. The molecule has 0 spiro atoms. The van der Waals surface area contributed by atoms with Gasteiger partial charge in [0.1, 0.15) is 0 Å². The molecule has 1 aliphatic rings. The lowest BCUT2D eigenvalue weighted by atomic mass is 9.83. The Morgan fingerprint density at radius 3 is 2.09 bits per heavy atom. The van der Waals surface area contributed by atoms with Gasteiger partial charge in [0.05, 0.1) is 11.3 Å². The number of hydrogen-bond donors (Lipinski definition) is 1. The smallest absolute Gasteiger partial charge is 0.315 e. The van der Waals surface area contributed by atoms with Gasteiger partial charge in [0.15, 0.2) is 11.6 Å². The van der Waals surface area contributed by atoms with Crippen molar-refractivity contribution in [1.82, 2.24) is 0 Å². The number of rotatable bonds is 2. The topological polar surface area (TPSA) is 63.2 Å². The number of benzene rings is 2. The Bertz CT molecular complexity index is 815. The van der Waals surface area contributed by atoms with Crippen LogP contribution in [0.3, 0.4) is 0 Å². The third kappa shape index (κ3) is 2.09. The van der Waals surface area contributed by atoms with E-state index < -0.39 is 18.1 Å². The second kappa shape index (κ2) is 5.14. The number of carbonyl (C=O) groups is 3. The highest BCUT2D eigenvalue weighted by Crippen LogP contribution is 2.31. The largest absolute Gasteiger partial charge is 0.320 e. The summed E-state index contributed by atoms with van der Waals surface area (Å²) in [4.78, 5) is 36.1. The number of anilines is 1. The summed E-state index contributed by atoms with van der Waals surface area (Å²) in [5, 5.41) is 1.99. The van der Waals surface area contributed by atoms with Crippen molar-refractivity contribution >= 4 is 23.2 Å². The van der Waals surface area contributed by atoms with Gasteiger partial charge in [-0.05, 0) is 6.07 Å². The summed E-state index contributed by atoms with van der Waals surface area (Å²) >= 11 is 0. The highest BCUT2D eigenvalue weighted by atomic mass is 19.3. The Hall–Kier alpha value is -2.89. The quantitative estimate of drug-likeness (QED) is 0.791. The Kier molecular flexibility index (Phi) is 3.29. The predicted octanol–water partition coefficient (Wildman–Crippen LogP) is 2.67. The summed E-state index contributed by atoms with van der Waals surface area (Å²) < 4.78 is 24.8. The van der Waals surface area contributed by atoms with Gasteiger partial charge in [0.2, 0.25) is 0 Å². The Morgan fingerprint density at radius 2 is 1.45 bits per heavy atom. The molecular weight excluding hydrogens is 292 g/mol. The number of nitrogens with one attached hydrogen (secondary N) is 1. The first-order valence-corrected chi connectivity index (χ1v) is 6.41. The minimum absolute atomic E-state index is 0.0554. The monoisotopic (exact) mass is 301 g/mol. The van der Waals surface area contributed by atoms with E-state index in [1.165, 1.54) is 30.3 Å². The van der Waals surface area contributed by atoms with Gasteiger partial charge in [-0.15, -0.1) is 0 Å². The van der Waals surface area contributed by atoms with Crippen LogP contribution < -0.4 is 5.32 Å². The number of hydrogen-bond acceptors (Lipinski definition) is 3. The van der Waals surface area contributed by atoms with E-state index >= 15 is 0 Å². The van der Waals surface area contributed by atoms with Crippen molar-refractivity contribution in [3.63, 3.8) is 0 Å². The van der Waals surface area contributed by atoms with Crippen LogP contribution in [0.1, 0.15) is 31.8 Å². The van der Waals surface area contributed by atoms with Gasteiger partial charge in [-0.1, -0.05) is 36.4 Å². The fraction of sp³-hybridized carbons (Fsp3) is 0.0625.